The maximum absolute atomic E-state index is 12.3. The summed E-state index contributed by atoms with van der Waals surface area (Å²) in [4.78, 5) is 16.9. The molecule has 2 heterocycles. The molecular weight excluding hydrogens is 358 g/mol. The molecule has 0 unspecified atom stereocenters. The third-order valence-corrected chi connectivity index (χ3v) is 6.13. The van der Waals surface area contributed by atoms with Crippen LogP contribution in [-0.2, 0) is 24.1 Å². The topological polar surface area (TPSA) is 75.0 Å². The molecule has 1 aliphatic carbocycles. The highest BCUT2D eigenvalue weighted by molar-refractivity contribution is 8.00. The monoisotopic (exact) mass is 379 g/mol. The van der Waals surface area contributed by atoms with Gasteiger partial charge in [0.15, 0.2) is 0 Å². The molecule has 1 aromatic carbocycles. The number of nitriles is 1. The lowest BCUT2D eigenvalue weighted by molar-refractivity contribution is -0.118. The van der Waals surface area contributed by atoms with E-state index in [1.807, 2.05) is 25.1 Å². The number of hydrogen-bond donors (Lipinski definition) is 1. The molecule has 1 aromatic heterocycles. The minimum atomic E-state index is -0.0663. The SMILES string of the molecule is Cc1c(C#N)c(SCC(=O)NC[C@@H]2Cc3ccccc3O2)nc2c1CCC2. The molecule has 2 aliphatic rings. The number of ether oxygens (including phenoxy) is 1. The Morgan fingerprint density at radius 2 is 2.26 bits per heavy atom. The Bertz CT molecular complexity index is 911. The fraction of sp³-hybridized carbons (Fsp3) is 0.381. The summed E-state index contributed by atoms with van der Waals surface area (Å²) in [5, 5.41) is 13.1. The van der Waals surface area contributed by atoms with Crippen molar-refractivity contribution in [1.29, 1.82) is 5.26 Å². The second-order valence-electron chi connectivity index (χ2n) is 6.95. The van der Waals surface area contributed by atoms with Gasteiger partial charge in [0, 0.05) is 12.1 Å². The van der Waals surface area contributed by atoms with E-state index in [2.05, 4.69) is 22.4 Å². The van der Waals surface area contributed by atoms with Gasteiger partial charge in [-0.3, -0.25) is 4.79 Å². The molecule has 0 bridgehead atoms. The predicted octanol–water partition coefficient (Wildman–Crippen LogP) is 2.96. The van der Waals surface area contributed by atoms with Gasteiger partial charge in [0.05, 0.1) is 17.9 Å². The maximum Gasteiger partial charge on any atom is 0.230 e. The van der Waals surface area contributed by atoms with Crippen LogP contribution < -0.4 is 10.1 Å². The number of carbonyl (C=O) groups excluding carboxylic acids is 1. The number of amides is 1. The lowest BCUT2D eigenvalue weighted by Gasteiger charge is -2.13. The van der Waals surface area contributed by atoms with Gasteiger partial charge < -0.3 is 10.1 Å². The average Bonchev–Trinajstić information content (AvgIpc) is 3.31. The molecule has 1 atom stereocenters. The van der Waals surface area contributed by atoms with Gasteiger partial charge in [-0.25, -0.2) is 4.98 Å². The van der Waals surface area contributed by atoms with E-state index < -0.39 is 0 Å². The van der Waals surface area contributed by atoms with Crippen LogP contribution in [0.15, 0.2) is 29.3 Å². The summed E-state index contributed by atoms with van der Waals surface area (Å²) in [5.74, 6) is 1.09. The Hall–Kier alpha value is -2.52. The number of benzene rings is 1. The van der Waals surface area contributed by atoms with Crippen LogP contribution in [0.25, 0.3) is 0 Å². The number of hydrogen-bond acceptors (Lipinski definition) is 5. The van der Waals surface area contributed by atoms with E-state index in [0.717, 1.165) is 42.7 Å². The van der Waals surface area contributed by atoms with Crippen LogP contribution >= 0.6 is 11.8 Å². The average molecular weight is 379 g/mol. The molecule has 4 rings (SSSR count). The number of fused-ring (bicyclic) bond motifs is 2. The van der Waals surface area contributed by atoms with E-state index >= 15 is 0 Å². The van der Waals surface area contributed by atoms with Crippen LogP contribution in [0.1, 0.15) is 34.4 Å². The van der Waals surface area contributed by atoms with Gasteiger partial charge in [-0.2, -0.15) is 5.26 Å². The van der Waals surface area contributed by atoms with Crippen LogP contribution in [0.3, 0.4) is 0 Å². The largest absolute Gasteiger partial charge is 0.488 e. The molecule has 138 valence electrons. The van der Waals surface area contributed by atoms with Gasteiger partial charge in [-0.05, 0) is 48.9 Å². The summed E-state index contributed by atoms with van der Waals surface area (Å²) in [5.41, 5.74) is 5.13. The fourth-order valence-electron chi connectivity index (χ4n) is 3.76. The van der Waals surface area contributed by atoms with Crippen molar-refractivity contribution in [3.63, 3.8) is 0 Å². The molecule has 1 aliphatic heterocycles. The lowest BCUT2D eigenvalue weighted by atomic mass is 10.0. The summed E-state index contributed by atoms with van der Waals surface area (Å²) in [6.07, 6.45) is 3.84. The highest BCUT2D eigenvalue weighted by atomic mass is 32.2. The zero-order chi connectivity index (χ0) is 18.8. The molecule has 6 heteroatoms. The van der Waals surface area contributed by atoms with E-state index in [4.69, 9.17) is 4.74 Å². The highest BCUT2D eigenvalue weighted by Gasteiger charge is 2.24. The highest BCUT2D eigenvalue weighted by Crippen LogP contribution is 2.31. The van der Waals surface area contributed by atoms with E-state index in [-0.39, 0.29) is 17.8 Å². The second kappa shape index (κ2) is 7.61. The van der Waals surface area contributed by atoms with Gasteiger partial charge in [0.25, 0.3) is 0 Å². The molecule has 0 fully saturated rings. The zero-order valence-electron chi connectivity index (χ0n) is 15.2. The molecular formula is C21H21N3O2S. The molecule has 1 N–H and O–H groups in total. The van der Waals surface area contributed by atoms with E-state index in [1.54, 1.807) is 0 Å². The van der Waals surface area contributed by atoms with Crippen molar-refractivity contribution in [2.45, 2.75) is 43.7 Å². The van der Waals surface area contributed by atoms with Gasteiger partial charge in [0.2, 0.25) is 5.91 Å². The predicted molar refractivity (Wildman–Crippen MR) is 104 cm³/mol. The molecule has 1 amide bonds. The van der Waals surface area contributed by atoms with Crippen LogP contribution in [0.2, 0.25) is 0 Å². The number of aryl methyl sites for hydroxylation is 1. The van der Waals surface area contributed by atoms with Crippen LogP contribution in [0.5, 0.6) is 5.75 Å². The number of nitrogens with one attached hydrogen (secondary N) is 1. The first-order valence-corrected chi connectivity index (χ1v) is 10.2. The first kappa shape index (κ1) is 17.9. The Morgan fingerprint density at radius 3 is 3.07 bits per heavy atom. The van der Waals surface area contributed by atoms with Gasteiger partial charge in [0.1, 0.15) is 22.9 Å². The summed E-state index contributed by atoms with van der Waals surface area (Å²) >= 11 is 1.34. The quantitative estimate of drug-likeness (QED) is 0.809. The number of carbonyl (C=O) groups is 1. The van der Waals surface area contributed by atoms with E-state index in [9.17, 15) is 10.1 Å². The molecule has 2 aromatic rings. The van der Waals surface area contributed by atoms with E-state index in [0.29, 0.717) is 17.1 Å². The Labute approximate surface area is 163 Å². The Kier molecular flexibility index (Phi) is 5.04. The van der Waals surface area contributed by atoms with Gasteiger partial charge in [-0.1, -0.05) is 30.0 Å². The van der Waals surface area contributed by atoms with Crippen molar-refractivity contribution in [1.82, 2.24) is 10.3 Å². The number of rotatable bonds is 5. The second-order valence-corrected chi connectivity index (χ2v) is 7.92. The molecule has 0 saturated carbocycles. The number of aromatic nitrogens is 1. The number of thioether (sulfide) groups is 1. The van der Waals surface area contributed by atoms with Crippen LogP contribution in [-0.4, -0.2) is 29.3 Å². The van der Waals surface area contributed by atoms with Crippen molar-refractivity contribution in [3.8, 4) is 11.8 Å². The Balaban J connectivity index is 1.33. The van der Waals surface area contributed by atoms with Gasteiger partial charge in [-0.15, -0.1) is 0 Å². The molecule has 0 spiro atoms. The fourth-order valence-corrected chi connectivity index (χ4v) is 4.65. The number of para-hydroxylation sites is 1. The number of pyridine rings is 1. The standard InChI is InChI=1S/C21H21N3O2S/c1-13-16-6-4-7-18(16)24-21(17(13)10-22)27-12-20(25)23-11-15-9-14-5-2-3-8-19(14)26-15/h2-3,5,8,15H,4,6-7,9,11-12H2,1H3,(H,23,25)/t15-/m0/s1. The van der Waals surface area contributed by atoms with E-state index in [1.165, 1.54) is 22.9 Å². The maximum atomic E-state index is 12.3. The summed E-state index contributed by atoms with van der Waals surface area (Å²) in [6.45, 7) is 2.47. The normalized spacial score (nSPS) is 17.0. The molecule has 0 radical (unpaired) electrons. The van der Waals surface area contributed by atoms with Crippen LogP contribution in [0.4, 0.5) is 0 Å². The minimum Gasteiger partial charge on any atom is -0.488 e. The van der Waals surface area contributed by atoms with Gasteiger partial charge >= 0.3 is 0 Å². The van der Waals surface area contributed by atoms with Crippen molar-refractivity contribution in [2.75, 3.05) is 12.3 Å². The summed E-state index contributed by atoms with van der Waals surface area (Å²) in [6, 6.07) is 10.2. The summed E-state index contributed by atoms with van der Waals surface area (Å²) in [7, 11) is 0. The van der Waals surface area contributed by atoms with Crippen LogP contribution in [0, 0.1) is 18.3 Å². The zero-order valence-corrected chi connectivity index (χ0v) is 16.1. The van der Waals surface area contributed by atoms with Crippen molar-refractivity contribution in [3.05, 3.63) is 52.2 Å². The molecule has 5 nitrogen and oxygen atoms in total. The third-order valence-electron chi connectivity index (χ3n) is 5.16. The Morgan fingerprint density at radius 1 is 1.41 bits per heavy atom. The lowest BCUT2D eigenvalue weighted by Crippen LogP contribution is -2.35. The first-order chi connectivity index (χ1) is 13.2. The minimum absolute atomic E-state index is 0.0219. The molecule has 27 heavy (non-hydrogen) atoms. The van der Waals surface area contributed by atoms with Crippen molar-refractivity contribution < 1.29 is 9.53 Å². The molecule has 0 saturated heterocycles. The number of nitrogens with zero attached hydrogens (tertiary/aromatic N) is 2. The first-order valence-electron chi connectivity index (χ1n) is 9.22. The van der Waals surface area contributed by atoms with Crippen molar-refractivity contribution in [2.24, 2.45) is 0 Å². The third kappa shape index (κ3) is 3.65. The smallest absolute Gasteiger partial charge is 0.230 e. The summed E-state index contributed by atoms with van der Waals surface area (Å²) < 4.78 is 5.85. The van der Waals surface area contributed by atoms with Crippen molar-refractivity contribution >= 4 is 17.7 Å².